The minimum absolute atomic E-state index is 0.0268. The van der Waals surface area contributed by atoms with Crippen molar-refractivity contribution in [3.05, 3.63) is 57.6 Å². The van der Waals surface area contributed by atoms with Crippen molar-refractivity contribution in [2.75, 3.05) is 7.11 Å². The second-order valence-corrected chi connectivity index (χ2v) is 7.57. The molecule has 2 aliphatic rings. The van der Waals surface area contributed by atoms with E-state index in [-0.39, 0.29) is 22.7 Å². The van der Waals surface area contributed by atoms with Crippen LogP contribution in [-0.4, -0.2) is 18.9 Å². The van der Waals surface area contributed by atoms with E-state index >= 15 is 0 Å². The number of nitrogens with two attached hydrogens (primary N) is 1. The van der Waals surface area contributed by atoms with Gasteiger partial charge >= 0.3 is 5.97 Å². The molecule has 1 aromatic rings. The van der Waals surface area contributed by atoms with Crippen LogP contribution < -0.4 is 5.73 Å². The van der Waals surface area contributed by atoms with Gasteiger partial charge in [-0.25, -0.2) is 4.79 Å². The fourth-order valence-electron chi connectivity index (χ4n) is 3.51. The maximum absolute atomic E-state index is 12.9. The summed E-state index contributed by atoms with van der Waals surface area (Å²) in [6.45, 7) is 4.00. The number of hydrogen-bond acceptors (Lipinski definition) is 5. The number of Topliss-reactive ketones (excluding diaryl/α,β-unsaturated/α-hetero) is 1. The molecule has 0 amide bonds. The molecular weight excluding hydrogens is 342 g/mol. The Morgan fingerprint density at radius 2 is 2.08 bits per heavy atom. The third-order valence-electron chi connectivity index (χ3n) is 4.54. The number of hydrogen-bond donors (Lipinski definition) is 1. The molecule has 1 aromatic carbocycles. The zero-order chi connectivity index (χ0) is 18.4. The summed E-state index contributed by atoms with van der Waals surface area (Å²) in [6.07, 6.45) is 0.945. The van der Waals surface area contributed by atoms with Crippen molar-refractivity contribution in [3.63, 3.8) is 0 Å². The topological polar surface area (TPSA) is 78.6 Å². The van der Waals surface area contributed by atoms with Crippen LogP contribution in [0.3, 0.4) is 0 Å². The van der Waals surface area contributed by atoms with Crippen LogP contribution in [0.1, 0.15) is 38.2 Å². The first-order chi connectivity index (χ1) is 11.7. The van der Waals surface area contributed by atoms with E-state index in [9.17, 15) is 9.59 Å². The average molecular weight is 362 g/mol. The van der Waals surface area contributed by atoms with Crippen molar-refractivity contribution in [3.8, 4) is 0 Å². The number of carbonyl (C=O) groups is 2. The summed E-state index contributed by atoms with van der Waals surface area (Å²) in [6, 6.07) is 7.05. The van der Waals surface area contributed by atoms with E-state index in [2.05, 4.69) is 0 Å². The summed E-state index contributed by atoms with van der Waals surface area (Å²) < 4.78 is 10.6. The summed E-state index contributed by atoms with van der Waals surface area (Å²) in [5, 5.41) is 0.512. The summed E-state index contributed by atoms with van der Waals surface area (Å²) in [5.74, 6) is -0.812. The Morgan fingerprint density at radius 3 is 2.72 bits per heavy atom. The maximum Gasteiger partial charge on any atom is 0.340 e. The van der Waals surface area contributed by atoms with E-state index in [1.165, 1.54) is 7.11 Å². The lowest BCUT2D eigenvalue weighted by molar-refractivity contribution is -0.136. The Balaban J connectivity index is 2.21. The smallest absolute Gasteiger partial charge is 0.340 e. The van der Waals surface area contributed by atoms with Crippen molar-refractivity contribution in [2.24, 2.45) is 11.1 Å². The fourth-order valence-corrected chi connectivity index (χ4v) is 3.71. The van der Waals surface area contributed by atoms with Crippen molar-refractivity contribution in [2.45, 2.75) is 32.6 Å². The zero-order valence-corrected chi connectivity index (χ0v) is 15.1. The molecule has 0 fully saturated rings. The van der Waals surface area contributed by atoms with Crippen LogP contribution in [0.15, 0.2) is 47.1 Å². The van der Waals surface area contributed by atoms with E-state index in [1.54, 1.807) is 18.2 Å². The van der Waals surface area contributed by atoms with E-state index in [0.717, 1.165) is 0 Å². The second-order valence-electron chi connectivity index (χ2n) is 7.14. The molecule has 1 heterocycles. The van der Waals surface area contributed by atoms with Gasteiger partial charge in [0, 0.05) is 23.4 Å². The number of ether oxygens (including phenoxy) is 2. The molecule has 6 heteroatoms. The highest BCUT2D eigenvalue weighted by atomic mass is 35.5. The lowest BCUT2D eigenvalue weighted by Crippen LogP contribution is -2.35. The van der Waals surface area contributed by atoms with Gasteiger partial charge in [0.15, 0.2) is 5.78 Å². The Labute approximate surface area is 151 Å². The van der Waals surface area contributed by atoms with Crippen molar-refractivity contribution < 1.29 is 19.1 Å². The Kier molecular flexibility index (Phi) is 4.37. The molecule has 0 bridgehead atoms. The van der Waals surface area contributed by atoms with Gasteiger partial charge in [0.25, 0.3) is 0 Å². The Morgan fingerprint density at radius 1 is 1.36 bits per heavy atom. The first-order valence-electron chi connectivity index (χ1n) is 8.01. The molecular formula is C19H20ClNO4. The lowest BCUT2D eigenvalue weighted by atomic mass is 9.70. The molecule has 25 heavy (non-hydrogen) atoms. The predicted octanol–water partition coefficient (Wildman–Crippen LogP) is 3.44. The first-order valence-corrected chi connectivity index (χ1v) is 8.39. The van der Waals surface area contributed by atoms with Gasteiger partial charge in [-0.1, -0.05) is 37.6 Å². The number of rotatable bonds is 2. The molecule has 0 saturated carbocycles. The highest BCUT2D eigenvalue weighted by Crippen LogP contribution is 2.48. The van der Waals surface area contributed by atoms with Gasteiger partial charge in [-0.3, -0.25) is 4.79 Å². The van der Waals surface area contributed by atoms with Crippen LogP contribution in [0.2, 0.25) is 5.02 Å². The van der Waals surface area contributed by atoms with Crippen molar-refractivity contribution in [1.82, 2.24) is 0 Å². The standard InChI is InChI=1S/C19H20ClNO4/c1-19(2)8-12(22)15-13(9-19)25-17(21)16(18(23)24-3)14(15)10-5-4-6-11(20)7-10/h4-7,14H,8-9,21H2,1-3H3. The van der Waals surface area contributed by atoms with Gasteiger partial charge in [0.2, 0.25) is 5.88 Å². The molecule has 1 atom stereocenters. The number of esters is 1. The summed E-state index contributed by atoms with van der Waals surface area (Å²) >= 11 is 6.12. The van der Waals surface area contributed by atoms with Crippen LogP contribution in [0.4, 0.5) is 0 Å². The summed E-state index contributed by atoms with van der Waals surface area (Å²) in [4.78, 5) is 25.2. The fraction of sp³-hybridized carbons (Fsp3) is 0.368. The molecule has 5 nitrogen and oxygen atoms in total. The second kappa shape index (κ2) is 6.23. The molecule has 0 saturated heterocycles. The molecule has 132 valence electrons. The molecule has 1 unspecified atom stereocenters. The molecule has 2 N–H and O–H groups in total. The Bertz CT molecular complexity index is 822. The van der Waals surface area contributed by atoms with Gasteiger partial charge in [-0.05, 0) is 23.1 Å². The highest BCUT2D eigenvalue weighted by Gasteiger charge is 2.44. The van der Waals surface area contributed by atoms with Gasteiger partial charge < -0.3 is 15.2 Å². The number of halogens is 1. The Hall–Kier alpha value is -2.27. The minimum atomic E-state index is -0.640. The van der Waals surface area contributed by atoms with Crippen molar-refractivity contribution in [1.29, 1.82) is 0 Å². The predicted molar refractivity (Wildman–Crippen MR) is 93.6 cm³/mol. The number of carbonyl (C=O) groups excluding carboxylic acids is 2. The highest BCUT2D eigenvalue weighted by molar-refractivity contribution is 6.30. The third kappa shape index (κ3) is 3.16. The molecule has 0 aromatic heterocycles. The molecule has 3 rings (SSSR count). The third-order valence-corrected chi connectivity index (χ3v) is 4.78. The van der Waals surface area contributed by atoms with E-state index in [4.69, 9.17) is 26.8 Å². The average Bonchev–Trinajstić information content (AvgIpc) is 2.51. The van der Waals surface area contributed by atoms with Crippen LogP contribution in [0, 0.1) is 5.41 Å². The lowest BCUT2D eigenvalue weighted by Gasteiger charge is -2.37. The van der Waals surface area contributed by atoms with Crippen LogP contribution >= 0.6 is 11.6 Å². The van der Waals surface area contributed by atoms with Gasteiger partial charge in [-0.15, -0.1) is 0 Å². The molecule has 1 aliphatic heterocycles. The number of benzene rings is 1. The van der Waals surface area contributed by atoms with Crippen molar-refractivity contribution >= 4 is 23.4 Å². The van der Waals surface area contributed by atoms with E-state index in [0.29, 0.717) is 34.8 Å². The largest absolute Gasteiger partial charge is 0.465 e. The first kappa shape index (κ1) is 17.5. The molecule has 1 aliphatic carbocycles. The van der Waals surface area contributed by atoms with E-state index in [1.807, 2.05) is 19.9 Å². The minimum Gasteiger partial charge on any atom is -0.465 e. The van der Waals surface area contributed by atoms with Gasteiger partial charge in [0.1, 0.15) is 11.3 Å². The SMILES string of the molecule is COC(=O)C1=C(N)OC2=C(C(=O)CC(C)(C)C2)C1c1cccc(Cl)c1. The monoisotopic (exact) mass is 361 g/mol. The number of allylic oxidation sites excluding steroid dienone is 2. The maximum atomic E-state index is 12.9. The van der Waals surface area contributed by atoms with E-state index < -0.39 is 11.9 Å². The van der Waals surface area contributed by atoms with Crippen LogP contribution in [0.5, 0.6) is 0 Å². The normalized spacial score (nSPS) is 22.4. The zero-order valence-electron chi connectivity index (χ0n) is 14.4. The van der Waals surface area contributed by atoms with Crippen LogP contribution in [-0.2, 0) is 19.1 Å². The van der Waals surface area contributed by atoms with Gasteiger partial charge in [-0.2, -0.15) is 0 Å². The van der Waals surface area contributed by atoms with Crippen LogP contribution in [0.25, 0.3) is 0 Å². The molecule has 0 radical (unpaired) electrons. The summed E-state index contributed by atoms with van der Waals surface area (Å²) in [5.41, 5.74) is 7.13. The van der Waals surface area contributed by atoms with Gasteiger partial charge in [0.05, 0.1) is 13.0 Å². The summed E-state index contributed by atoms with van der Waals surface area (Å²) in [7, 11) is 1.27. The molecule has 0 spiro atoms. The quantitative estimate of drug-likeness (QED) is 0.816. The number of methoxy groups -OCH3 is 1. The number of ketones is 1.